The molecule has 3 amide bonds. The highest BCUT2D eigenvalue weighted by atomic mass is 16.5. The minimum absolute atomic E-state index is 0.114. The zero-order chi connectivity index (χ0) is 25.7. The quantitative estimate of drug-likeness (QED) is 0.412. The molecule has 2 saturated carbocycles. The van der Waals surface area contributed by atoms with Crippen molar-refractivity contribution < 1.29 is 23.9 Å². The van der Waals surface area contributed by atoms with E-state index in [0.29, 0.717) is 28.4 Å². The maximum atomic E-state index is 13.5. The molecule has 2 aliphatic carbocycles. The fraction of sp³-hybridized carbons (Fsp3) is 0.267. The van der Waals surface area contributed by atoms with Gasteiger partial charge in [-0.2, -0.15) is 0 Å². The largest absolute Gasteiger partial charge is 0.465 e. The molecule has 7 nitrogen and oxygen atoms in total. The summed E-state index contributed by atoms with van der Waals surface area (Å²) in [5, 5.41) is 2.78. The zero-order valence-electron chi connectivity index (χ0n) is 20.3. The second-order valence-corrected chi connectivity index (χ2v) is 10.0. The molecule has 3 aromatic carbocycles. The molecule has 5 atom stereocenters. The van der Waals surface area contributed by atoms with Gasteiger partial charge in [0.2, 0.25) is 11.8 Å². The monoisotopic (exact) mass is 494 g/mol. The summed E-state index contributed by atoms with van der Waals surface area (Å²) in [4.78, 5) is 52.5. The van der Waals surface area contributed by atoms with E-state index < -0.39 is 5.97 Å². The summed E-state index contributed by atoms with van der Waals surface area (Å²) in [5.74, 6) is -0.795. The highest BCUT2D eigenvalue weighted by Crippen LogP contribution is 2.61. The maximum absolute atomic E-state index is 13.5. The molecule has 7 heteroatoms. The molecule has 1 aliphatic heterocycles. The number of esters is 1. The van der Waals surface area contributed by atoms with Crippen LogP contribution in [0.1, 0.15) is 45.0 Å². The third kappa shape index (κ3) is 3.82. The second kappa shape index (κ2) is 9.00. The number of nitrogens with zero attached hydrogens (tertiary/aromatic N) is 1. The average Bonchev–Trinajstić information content (AvgIpc) is 3.60. The van der Waals surface area contributed by atoms with Crippen LogP contribution >= 0.6 is 0 Å². The number of benzene rings is 3. The third-order valence-electron chi connectivity index (χ3n) is 8.19. The van der Waals surface area contributed by atoms with Gasteiger partial charge in [0.05, 0.1) is 30.2 Å². The van der Waals surface area contributed by atoms with E-state index in [2.05, 4.69) is 22.2 Å². The molecule has 3 aromatic rings. The van der Waals surface area contributed by atoms with Crippen LogP contribution < -0.4 is 10.2 Å². The fourth-order valence-electron chi connectivity index (χ4n) is 6.57. The molecule has 186 valence electrons. The molecule has 6 rings (SSSR count). The Morgan fingerprint density at radius 3 is 2.14 bits per heavy atom. The molecule has 1 heterocycles. The number of methoxy groups -OCH3 is 1. The van der Waals surface area contributed by atoms with Crippen LogP contribution in [-0.2, 0) is 14.3 Å². The van der Waals surface area contributed by atoms with Crippen LogP contribution in [0.5, 0.6) is 0 Å². The lowest BCUT2D eigenvalue weighted by molar-refractivity contribution is -0.123. The summed E-state index contributed by atoms with van der Waals surface area (Å²) in [5.41, 5.74) is 3.06. The van der Waals surface area contributed by atoms with Crippen molar-refractivity contribution in [2.24, 2.45) is 23.7 Å². The van der Waals surface area contributed by atoms with Gasteiger partial charge in [-0.3, -0.25) is 19.3 Å². The zero-order valence-corrected chi connectivity index (χ0v) is 20.3. The van der Waals surface area contributed by atoms with Gasteiger partial charge in [-0.1, -0.05) is 30.3 Å². The van der Waals surface area contributed by atoms with E-state index in [4.69, 9.17) is 0 Å². The van der Waals surface area contributed by atoms with Gasteiger partial charge in [0.15, 0.2) is 0 Å². The number of carbonyl (C=O) groups is 4. The molecule has 3 fully saturated rings. The van der Waals surface area contributed by atoms with Crippen LogP contribution in [0.4, 0.5) is 11.4 Å². The smallest absolute Gasteiger partial charge is 0.337 e. The van der Waals surface area contributed by atoms with Gasteiger partial charge >= 0.3 is 5.97 Å². The van der Waals surface area contributed by atoms with E-state index >= 15 is 0 Å². The second-order valence-electron chi connectivity index (χ2n) is 10.0. The molecule has 0 unspecified atom stereocenters. The Balaban J connectivity index is 1.16. The van der Waals surface area contributed by atoms with Gasteiger partial charge in [-0.05, 0) is 84.7 Å². The van der Waals surface area contributed by atoms with Crippen LogP contribution in [0.25, 0.3) is 0 Å². The minimum Gasteiger partial charge on any atom is -0.465 e. The molecular weight excluding hydrogens is 468 g/mol. The molecule has 0 radical (unpaired) electrons. The Morgan fingerprint density at radius 1 is 0.811 bits per heavy atom. The van der Waals surface area contributed by atoms with Crippen molar-refractivity contribution in [1.82, 2.24) is 0 Å². The Labute approximate surface area is 214 Å². The van der Waals surface area contributed by atoms with E-state index in [0.717, 1.165) is 12.8 Å². The van der Waals surface area contributed by atoms with Crippen molar-refractivity contribution in [3.05, 3.63) is 95.6 Å². The number of rotatable bonds is 5. The first-order valence-electron chi connectivity index (χ1n) is 12.5. The number of amides is 3. The number of nitrogens with one attached hydrogen (secondary N) is 1. The van der Waals surface area contributed by atoms with Crippen LogP contribution in [0.15, 0.2) is 78.9 Å². The van der Waals surface area contributed by atoms with E-state index in [9.17, 15) is 19.2 Å². The number of imide groups is 1. The first-order valence-corrected chi connectivity index (χ1v) is 12.5. The Hall–Kier alpha value is -4.26. The Bertz CT molecular complexity index is 1380. The van der Waals surface area contributed by atoms with Crippen LogP contribution in [-0.4, -0.2) is 30.8 Å². The standard InChI is InChI=1S/C30H26N2O5/c1-37-30(36)19-7-11-21(12-8-19)31-27(33)18-9-13-22(14-10-18)32-28(34)25-20-15-23(17-5-3-2-4-6-17)24(16-20)26(25)29(32)35/h2-14,20,23-26H,15-16H2,1H3,(H,31,33)/t20-,23-,24+,25+,26-/m0/s1. The SMILES string of the molecule is COC(=O)c1ccc(NC(=O)c2ccc(N3C(=O)[C@@H]4[C@@H]5C[C@@H]([C@@H]4C3=O)[C@H](c3ccccc3)C5)cc2)cc1. The summed E-state index contributed by atoms with van der Waals surface area (Å²) in [6.45, 7) is 0. The average molecular weight is 495 g/mol. The first-order chi connectivity index (χ1) is 18.0. The van der Waals surface area contributed by atoms with E-state index in [1.165, 1.54) is 17.6 Å². The molecule has 0 spiro atoms. The number of ether oxygens (including phenoxy) is 1. The number of hydrogen-bond donors (Lipinski definition) is 1. The predicted octanol–water partition coefficient (Wildman–Crippen LogP) is 4.65. The number of hydrogen-bond acceptors (Lipinski definition) is 5. The lowest BCUT2D eigenvalue weighted by Gasteiger charge is -2.28. The summed E-state index contributed by atoms with van der Waals surface area (Å²) < 4.78 is 4.68. The summed E-state index contributed by atoms with van der Waals surface area (Å²) in [6.07, 6.45) is 1.88. The Kier molecular flexibility index (Phi) is 5.63. The highest BCUT2D eigenvalue weighted by Gasteiger charge is 2.64. The van der Waals surface area contributed by atoms with Crippen molar-refractivity contribution in [3.8, 4) is 0 Å². The predicted molar refractivity (Wildman–Crippen MR) is 137 cm³/mol. The molecular formula is C30H26N2O5. The van der Waals surface area contributed by atoms with Crippen LogP contribution in [0.3, 0.4) is 0 Å². The number of fused-ring (bicyclic) bond motifs is 5. The van der Waals surface area contributed by atoms with Crippen molar-refractivity contribution in [2.75, 3.05) is 17.3 Å². The topological polar surface area (TPSA) is 92.8 Å². The summed E-state index contributed by atoms with van der Waals surface area (Å²) in [6, 6.07) is 23.2. The lowest BCUT2D eigenvalue weighted by atomic mass is 9.73. The van der Waals surface area contributed by atoms with E-state index in [1.54, 1.807) is 48.5 Å². The normalized spacial score (nSPS) is 25.8. The summed E-state index contributed by atoms with van der Waals surface area (Å²) in [7, 11) is 1.31. The fourth-order valence-corrected chi connectivity index (χ4v) is 6.57. The van der Waals surface area contributed by atoms with Crippen molar-refractivity contribution in [3.63, 3.8) is 0 Å². The van der Waals surface area contributed by atoms with E-state index in [1.807, 2.05) is 18.2 Å². The first kappa shape index (κ1) is 23.2. The van der Waals surface area contributed by atoms with Crippen LogP contribution in [0, 0.1) is 23.7 Å². The summed E-state index contributed by atoms with van der Waals surface area (Å²) >= 11 is 0. The minimum atomic E-state index is -0.452. The van der Waals surface area contributed by atoms with Gasteiger partial charge < -0.3 is 10.1 Å². The van der Waals surface area contributed by atoms with Crippen LogP contribution in [0.2, 0.25) is 0 Å². The van der Waals surface area contributed by atoms with Gasteiger partial charge in [0, 0.05) is 11.3 Å². The molecule has 37 heavy (non-hydrogen) atoms. The van der Waals surface area contributed by atoms with Crippen molar-refractivity contribution >= 4 is 35.1 Å². The van der Waals surface area contributed by atoms with Crippen molar-refractivity contribution in [1.29, 1.82) is 0 Å². The third-order valence-corrected chi connectivity index (χ3v) is 8.19. The van der Waals surface area contributed by atoms with E-state index in [-0.39, 0.29) is 41.4 Å². The van der Waals surface area contributed by atoms with Crippen molar-refractivity contribution in [2.45, 2.75) is 18.8 Å². The van der Waals surface area contributed by atoms with Gasteiger partial charge in [-0.15, -0.1) is 0 Å². The Morgan fingerprint density at radius 2 is 1.46 bits per heavy atom. The molecule has 2 bridgehead atoms. The molecule has 1 saturated heterocycles. The number of anilines is 2. The highest BCUT2D eigenvalue weighted by molar-refractivity contribution is 6.22. The molecule has 1 N–H and O–H groups in total. The van der Waals surface area contributed by atoms with Gasteiger partial charge in [0.25, 0.3) is 5.91 Å². The van der Waals surface area contributed by atoms with Gasteiger partial charge in [0.1, 0.15) is 0 Å². The maximum Gasteiger partial charge on any atom is 0.337 e. The van der Waals surface area contributed by atoms with Gasteiger partial charge in [-0.25, -0.2) is 4.79 Å². The number of carbonyl (C=O) groups excluding carboxylic acids is 4. The molecule has 3 aliphatic rings. The lowest BCUT2D eigenvalue weighted by Crippen LogP contribution is -2.33. The molecule has 0 aromatic heterocycles.